The Kier molecular flexibility index (Phi) is 6.09. The predicted octanol–water partition coefficient (Wildman–Crippen LogP) is 3.97. The van der Waals surface area contributed by atoms with E-state index in [1.54, 1.807) is 10.8 Å². The van der Waals surface area contributed by atoms with Crippen LogP contribution in [0.25, 0.3) is 10.6 Å². The standard InChI is InChI=1S/C19H18ClN3O5S/c1-2-23-8-12(19(27)28)13(9-23)21-16(26)6-5-15-17(20)22-18(29-15)11-4-3-10(24)7-14(11)25/h3-4,7-9,24-25H,2,5-6H2,1H3,(H,21,26)(H,27,28). The van der Waals surface area contributed by atoms with Crippen molar-refractivity contribution < 1.29 is 24.9 Å². The van der Waals surface area contributed by atoms with E-state index >= 15 is 0 Å². The summed E-state index contributed by atoms with van der Waals surface area (Å²) in [5.41, 5.74) is 0.702. The van der Waals surface area contributed by atoms with Crippen LogP contribution in [0, 0.1) is 0 Å². The van der Waals surface area contributed by atoms with Gasteiger partial charge in [-0.2, -0.15) is 0 Å². The number of aromatic hydroxyl groups is 2. The molecule has 10 heteroatoms. The third-order valence-electron chi connectivity index (χ3n) is 4.19. The SMILES string of the molecule is CCn1cc(NC(=O)CCc2sc(-c3ccc(O)cc3O)nc2Cl)c(C(=O)O)c1. The second-order valence-corrected chi connectivity index (χ2v) is 7.65. The molecule has 0 atom stereocenters. The van der Waals surface area contributed by atoms with Gasteiger partial charge in [0, 0.05) is 36.3 Å². The predicted molar refractivity (Wildman–Crippen MR) is 110 cm³/mol. The van der Waals surface area contributed by atoms with Crippen molar-refractivity contribution in [3.63, 3.8) is 0 Å². The van der Waals surface area contributed by atoms with Crippen molar-refractivity contribution in [2.24, 2.45) is 0 Å². The molecule has 0 aliphatic rings. The van der Waals surface area contributed by atoms with Crippen LogP contribution in [-0.2, 0) is 17.8 Å². The van der Waals surface area contributed by atoms with Crippen molar-refractivity contribution in [1.82, 2.24) is 9.55 Å². The van der Waals surface area contributed by atoms with Gasteiger partial charge in [0.05, 0.1) is 11.3 Å². The van der Waals surface area contributed by atoms with Crippen LogP contribution in [0.15, 0.2) is 30.6 Å². The van der Waals surface area contributed by atoms with Gasteiger partial charge < -0.3 is 25.2 Å². The number of hydrogen-bond donors (Lipinski definition) is 4. The highest BCUT2D eigenvalue weighted by Crippen LogP contribution is 2.37. The molecule has 3 aromatic rings. The lowest BCUT2D eigenvalue weighted by Gasteiger charge is -2.04. The fourth-order valence-corrected chi connectivity index (χ4v) is 4.04. The lowest BCUT2D eigenvalue weighted by molar-refractivity contribution is -0.116. The van der Waals surface area contributed by atoms with Crippen molar-refractivity contribution >= 4 is 40.5 Å². The van der Waals surface area contributed by atoms with Crippen LogP contribution in [-0.4, -0.2) is 36.7 Å². The van der Waals surface area contributed by atoms with E-state index in [-0.39, 0.29) is 40.2 Å². The molecule has 0 bridgehead atoms. The maximum Gasteiger partial charge on any atom is 0.339 e. The minimum atomic E-state index is -1.11. The van der Waals surface area contributed by atoms with Gasteiger partial charge in [-0.15, -0.1) is 11.3 Å². The third kappa shape index (κ3) is 4.69. The molecule has 0 unspecified atom stereocenters. The van der Waals surface area contributed by atoms with Crippen LogP contribution in [0.5, 0.6) is 11.5 Å². The summed E-state index contributed by atoms with van der Waals surface area (Å²) in [6.07, 6.45) is 3.43. The number of carboxylic acid groups (broad SMARTS) is 1. The number of halogens is 1. The quantitative estimate of drug-likeness (QED) is 0.445. The number of nitrogens with one attached hydrogen (secondary N) is 1. The zero-order chi connectivity index (χ0) is 21.1. The zero-order valence-electron chi connectivity index (χ0n) is 15.3. The van der Waals surface area contributed by atoms with Gasteiger partial charge >= 0.3 is 5.97 Å². The van der Waals surface area contributed by atoms with Crippen LogP contribution in [0.1, 0.15) is 28.6 Å². The van der Waals surface area contributed by atoms with Crippen LogP contribution >= 0.6 is 22.9 Å². The molecule has 8 nitrogen and oxygen atoms in total. The summed E-state index contributed by atoms with van der Waals surface area (Å²) in [4.78, 5) is 28.5. The second-order valence-electron chi connectivity index (χ2n) is 6.20. The van der Waals surface area contributed by atoms with Crippen molar-refractivity contribution in [2.75, 3.05) is 5.32 Å². The van der Waals surface area contributed by atoms with Gasteiger partial charge in [0.25, 0.3) is 0 Å². The number of benzene rings is 1. The molecule has 29 heavy (non-hydrogen) atoms. The van der Waals surface area contributed by atoms with Crippen LogP contribution in [0.2, 0.25) is 5.15 Å². The maximum absolute atomic E-state index is 12.3. The number of phenolic OH excluding ortho intramolecular Hbond substituents is 2. The van der Waals surface area contributed by atoms with E-state index in [4.69, 9.17) is 11.6 Å². The van der Waals surface area contributed by atoms with Crippen LogP contribution in [0.4, 0.5) is 5.69 Å². The van der Waals surface area contributed by atoms with E-state index in [2.05, 4.69) is 10.3 Å². The van der Waals surface area contributed by atoms with Gasteiger partial charge in [-0.3, -0.25) is 4.79 Å². The smallest absolute Gasteiger partial charge is 0.339 e. The lowest BCUT2D eigenvalue weighted by atomic mass is 10.2. The second kappa shape index (κ2) is 8.54. The van der Waals surface area contributed by atoms with Gasteiger partial charge in [-0.25, -0.2) is 9.78 Å². The first kappa shape index (κ1) is 20.7. The monoisotopic (exact) mass is 435 g/mol. The Hall–Kier alpha value is -3.04. The number of aromatic carboxylic acids is 1. The molecule has 2 heterocycles. The molecule has 0 fully saturated rings. The van der Waals surface area contributed by atoms with Crippen molar-refractivity contribution in [1.29, 1.82) is 0 Å². The summed E-state index contributed by atoms with van der Waals surface area (Å²) in [6, 6.07) is 4.17. The van der Waals surface area contributed by atoms with Crippen molar-refractivity contribution in [2.45, 2.75) is 26.3 Å². The first-order valence-electron chi connectivity index (χ1n) is 8.69. The van der Waals surface area contributed by atoms with E-state index in [1.807, 2.05) is 6.92 Å². The highest BCUT2D eigenvalue weighted by molar-refractivity contribution is 7.15. The highest BCUT2D eigenvalue weighted by atomic mass is 35.5. The van der Waals surface area contributed by atoms with Gasteiger partial charge in [-0.1, -0.05) is 11.6 Å². The molecule has 152 valence electrons. The van der Waals surface area contributed by atoms with Gasteiger partial charge in [0.2, 0.25) is 5.91 Å². The zero-order valence-corrected chi connectivity index (χ0v) is 16.9. The molecule has 2 aromatic heterocycles. The number of carbonyl (C=O) groups excluding carboxylic acids is 1. The largest absolute Gasteiger partial charge is 0.508 e. The van der Waals surface area contributed by atoms with Gasteiger partial charge in [-0.05, 0) is 25.5 Å². The van der Waals surface area contributed by atoms with E-state index in [1.165, 1.54) is 35.7 Å². The number of carbonyl (C=O) groups is 2. The summed E-state index contributed by atoms with van der Waals surface area (Å²) in [7, 11) is 0. The Morgan fingerprint density at radius 2 is 2.03 bits per heavy atom. The fourth-order valence-electron chi connectivity index (χ4n) is 2.70. The number of aromatic nitrogens is 2. The van der Waals surface area contributed by atoms with Gasteiger partial charge in [0.1, 0.15) is 27.2 Å². The molecule has 0 radical (unpaired) electrons. The summed E-state index contributed by atoms with van der Waals surface area (Å²) < 4.78 is 1.68. The number of amides is 1. The number of nitrogens with zero attached hydrogens (tertiary/aromatic N) is 2. The van der Waals surface area contributed by atoms with E-state index in [0.29, 0.717) is 28.4 Å². The van der Waals surface area contributed by atoms with Gasteiger partial charge in [0.15, 0.2) is 0 Å². The Labute approximate surface area is 175 Å². The van der Waals surface area contributed by atoms with E-state index in [9.17, 15) is 24.9 Å². The molecule has 0 saturated heterocycles. The summed E-state index contributed by atoms with van der Waals surface area (Å²) in [5.74, 6) is -1.65. The Balaban J connectivity index is 1.69. The summed E-state index contributed by atoms with van der Waals surface area (Å²) >= 11 is 7.40. The number of phenols is 2. The number of anilines is 1. The number of thiazole rings is 1. The first-order valence-corrected chi connectivity index (χ1v) is 9.88. The molecule has 3 rings (SSSR count). The molecule has 0 aliphatic heterocycles. The topological polar surface area (TPSA) is 125 Å². The molecular formula is C19H18ClN3O5S. The Morgan fingerprint density at radius 1 is 1.28 bits per heavy atom. The lowest BCUT2D eigenvalue weighted by Crippen LogP contribution is -2.13. The molecule has 1 aromatic carbocycles. The molecular weight excluding hydrogens is 418 g/mol. The minimum Gasteiger partial charge on any atom is -0.508 e. The fraction of sp³-hybridized carbons (Fsp3) is 0.211. The van der Waals surface area contributed by atoms with Crippen molar-refractivity contribution in [3.05, 3.63) is 46.2 Å². The number of hydrogen-bond acceptors (Lipinski definition) is 6. The summed E-state index contributed by atoms with van der Waals surface area (Å²) in [6.45, 7) is 2.45. The molecule has 4 N–H and O–H groups in total. The maximum atomic E-state index is 12.3. The van der Waals surface area contributed by atoms with E-state index < -0.39 is 5.97 Å². The number of aryl methyl sites for hydroxylation is 2. The summed E-state index contributed by atoms with van der Waals surface area (Å²) in [5, 5.41) is 31.9. The number of rotatable bonds is 7. The Morgan fingerprint density at radius 3 is 2.69 bits per heavy atom. The first-order chi connectivity index (χ1) is 13.8. The molecule has 0 spiro atoms. The highest BCUT2D eigenvalue weighted by Gasteiger charge is 2.18. The van der Waals surface area contributed by atoms with Crippen molar-refractivity contribution in [3.8, 4) is 22.1 Å². The molecule has 1 amide bonds. The Bertz CT molecular complexity index is 1080. The van der Waals surface area contributed by atoms with Crippen LogP contribution in [0.3, 0.4) is 0 Å². The number of carboxylic acids is 1. The minimum absolute atomic E-state index is 0.0288. The average molecular weight is 436 g/mol. The average Bonchev–Trinajstić information content (AvgIpc) is 3.23. The van der Waals surface area contributed by atoms with E-state index in [0.717, 1.165) is 0 Å². The molecule has 0 saturated carbocycles. The molecule has 0 aliphatic carbocycles. The normalized spacial score (nSPS) is 10.8. The van der Waals surface area contributed by atoms with Crippen LogP contribution < -0.4 is 5.32 Å². The third-order valence-corrected chi connectivity index (χ3v) is 5.76.